The number of halogens is 1. The van der Waals surface area contributed by atoms with Gasteiger partial charge in [-0.05, 0) is 49.8 Å². The summed E-state index contributed by atoms with van der Waals surface area (Å²) >= 11 is 0. The summed E-state index contributed by atoms with van der Waals surface area (Å²) in [6.45, 7) is 12.3. The first-order valence-electron chi connectivity index (χ1n) is 8.17. The summed E-state index contributed by atoms with van der Waals surface area (Å²) in [6, 6.07) is 6.01. The minimum atomic E-state index is -0.133. The maximum atomic E-state index is 13.8. The van der Waals surface area contributed by atoms with E-state index in [1.807, 2.05) is 0 Å². The van der Waals surface area contributed by atoms with Crippen LogP contribution in [-0.2, 0) is 6.54 Å². The predicted octanol–water partition coefficient (Wildman–Crippen LogP) is 2.86. The van der Waals surface area contributed by atoms with Gasteiger partial charge in [0.25, 0.3) is 0 Å². The lowest BCUT2D eigenvalue weighted by Crippen LogP contribution is -2.37. The third-order valence-corrected chi connectivity index (χ3v) is 4.38. The van der Waals surface area contributed by atoms with Gasteiger partial charge in [0.05, 0.1) is 0 Å². The molecule has 1 aliphatic rings. The summed E-state index contributed by atoms with van der Waals surface area (Å²) in [4.78, 5) is 4.82. The van der Waals surface area contributed by atoms with Gasteiger partial charge in [-0.25, -0.2) is 4.39 Å². The van der Waals surface area contributed by atoms with Crippen LogP contribution in [0.4, 0.5) is 10.1 Å². The van der Waals surface area contributed by atoms with Gasteiger partial charge in [0.2, 0.25) is 0 Å². The van der Waals surface area contributed by atoms with Crippen LogP contribution < -0.4 is 10.2 Å². The molecule has 1 unspecified atom stereocenters. The maximum absolute atomic E-state index is 13.8. The Morgan fingerprint density at radius 2 is 2.00 bits per heavy atom. The van der Waals surface area contributed by atoms with Crippen LogP contribution in [0.15, 0.2) is 18.2 Å². The first-order valence-corrected chi connectivity index (χ1v) is 8.17. The number of benzene rings is 1. The molecule has 0 aromatic heterocycles. The maximum Gasteiger partial charge on any atom is 0.125 e. The monoisotopic (exact) mass is 293 g/mol. The fraction of sp³-hybridized carbons (Fsp3) is 0.647. The minimum absolute atomic E-state index is 0.133. The Kier molecular flexibility index (Phi) is 6.00. The van der Waals surface area contributed by atoms with Crippen LogP contribution in [0.25, 0.3) is 0 Å². The quantitative estimate of drug-likeness (QED) is 0.834. The van der Waals surface area contributed by atoms with Crippen LogP contribution in [0.3, 0.4) is 0 Å². The second kappa shape index (κ2) is 7.76. The van der Waals surface area contributed by atoms with Crippen molar-refractivity contribution in [2.45, 2.75) is 39.8 Å². The number of anilines is 1. The first-order chi connectivity index (χ1) is 10.2. The smallest absolute Gasteiger partial charge is 0.125 e. The van der Waals surface area contributed by atoms with Crippen LogP contribution in [0.1, 0.15) is 32.8 Å². The average molecular weight is 293 g/mol. The Morgan fingerprint density at radius 3 is 2.67 bits per heavy atom. The number of rotatable bonds is 7. The topological polar surface area (TPSA) is 18.5 Å². The lowest BCUT2D eigenvalue weighted by Gasteiger charge is -2.26. The third-order valence-electron chi connectivity index (χ3n) is 4.38. The normalized spacial score (nSPS) is 18.7. The molecule has 0 saturated carbocycles. The molecule has 1 heterocycles. The standard InChI is InChI=1S/C17H28FN3/c1-4-19-12-14-9-15(18)11-17(10-14)21-8-7-16(13-21)20(5-2)6-3/h9-11,16,19H,4-8,12-13H2,1-3H3. The van der Waals surface area contributed by atoms with Crippen molar-refractivity contribution in [3.63, 3.8) is 0 Å². The Hall–Kier alpha value is -1.13. The Balaban J connectivity index is 2.06. The zero-order chi connectivity index (χ0) is 15.2. The molecule has 0 radical (unpaired) electrons. The van der Waals surface area contributed by atoms with E-state index in [2.05, 4.69) is 42.0 Å². The van der Waals surface area contributed by atoms with E-state index in [0.717, 1.165) is 50.5 Å². The van der Waals surface area contributed by atoms with Gasteiger partial charge in [-0.2, -0.15) is 0 Å². The Bertz CT molecular complexity index is 446. The zero-order valence-electron chi connectivity index (χ0n) is 13.5. The van der Waals surface area contributed by atoms with E-state index in [-0.39, 0.29) is 5.82 Å². The molecule has 3 nitrogen and oxygen atoms in total. The summed E-state index contributed by atoms with van der Waals surface area (Å²) in [6.07, 6.45) is 1.17. The van der Waals surface area contributed by atoms with E-state index in [1.165, 1.54) is 6.42 Å². The molecule has 0 spiro atoms. The van der Waals surface area contributed by atoms with Crippen molar-refractivity contribution >= 4 is 5.69 Å². The molecular formula is C17H28FN3. The highest BCUT2D eigenvalue weighted by molar-refractivity contribution is 5.50. The Morgan fingerprint density at radius 1 is 1.24 bits per heavy atom. The second-order valence-corrected chi connectivity index (χ2v) is 5.71. The third kappa shape index (κ3) is 4.17. The highest BCUT2D eigenvalue weighted by Crippen LogP contribution is 2.25. The van der Waals surface area contributed by atoms with Crippen molar-refractivity contribution in [3.05, 3.63) is 29.6 Å². The minimum Gasteiger partial charge on any atom is -0.370 e. The first kappa shape index (κ1) is 16.2. The summed E-state index contributed by atoms with van der Waals surface area (Å²) < 4.78 is 13.8. The van der Waals surface area contributed by atoms with Crippen LogP contribution in [0.5, 0.6) is 0 Å². The predicted molar refractivity (Wildman–Crippen MR) is 87.3 cm³/mol. The molecule has 2 rings (SSSR count). The molecule has 0 bridgehead atoms. The van der Waals surface area contributed by atoms with E-state index in [1.54, 1.807) is 12.1 Å². The second-order valence-electron chi connectivity index (χ2n) is 5.71. The molecule has 1 aliphatic heterocycles. The van der Waals surface area contributed by atoms with Gasteiger partial charge in [-0.3, -0.25) is 4.90 Å². The summed E-state index contributed by atoms with van der Waals surface area (Å²) in [7, 11) is 0. The van der Waals surface area contributed by atoms with Crippen molar-refractivity contribution in [2.75, 3.05) is 37.6 Å². The number of hydrogen-bond acceptors (Lipinski definition) is 3. The van der Waals surface area contributed by atoms with Crippen LogP contribution in [0.2, 0.25) is 0 Å². The van der Waals surface area contributed by atoms with Gasteiger partial charge < -0.3 is 10.2 Å². The molecule has 1 atom stereocenters. The molecule has 1 saturated heterocycles. The van der Waals surface area contributed by atoms with Crippen LogP contribution >= 0.6 is 0 Å². The molecule has 1 aromatic rings. The molecule has 0 aliphatic carbocycles. The van der Waals surface area contributed by atoms with E-state index >= 15 is 0 Å². The van der Waals surface area contributed by atoms with Crippen molar-refractivity contribution in [3.8, 4) is 0 Å². The van der Waals surface area contributed by atoms with E-state index in [9.17, 15) is 4.39 Å². The van der Waals surface area contributed by atoms with Gasteiger partial charge >= 0.3 is 0 Å². The summed E-state index contributed by atoms with van der Waals surface area (Å²) in [5.41, 5.74) is 2.05. The van der Waals surface area contributed by atoms with Crippen molar-refractivity contribution < 1.29 is 4.39 Å². The van der Waals surface area contributed by atoms with Gasteiger partial charge in [0.15, 0.2) is 0 Å². The molecule has 21 heavy (non-hydrogen) atoms. The van der Waals surface area contributed by atoms with E-state index in [0.29, 0.717) is 6.04 Å². The highest BCUT2D eigenvalue weighted by Gasteiger charge is 2.26. The largest absolute Gasteiger partial charge is 0.370 e. The molecule has 118 valence electrons. The van der Waals surface area contributed by atoms with E-state index < -0.39 is 0 Å². The van der Waals surface area contributed by atoms with Crippen molar-refractivity contribution in [1.82, 2.24) is 10.2 Å². The fourth-order valence-electron chi connectivity index (χ4n) is 3.20. The molecule has 4 heteroatoms. The van der Waals surface area contributed by atoms with Gasteiger partial charge in [-0.1, -0.05) is 20.8 Å². The molecular weight excluding hydrogens is 265 g/mol. The summed E-state index contributed by atoms with van der Waals surface area (Å²) in [5.74, 6) is -0.133. The van der Waals surface area contributed by atoms with Gasteiger partial charge in [0, 0.05) is 31.4 Å². The Labute approximate surface area is 128 Å². The molecule has 1 N–H and O–H groups in total. The zero-order valence-corrected chi connectivity index (χ0v) is 13.5. The number of likely N-dealkylation sites (N-methyl/N-ethyl adjacent to an activating group) is 1. The molecule has 0 amide bonds. The number of nitrogens with zero attached hydrogens (tertiary/aromatic N) is 2. The molecule has 1 fully saturated rings. The lowest BCUT2D eigenvalue weighted by molar-refractivity contribution is 0.232. The van der Waals surface area contributed by atoms with Gasteiger partial charge in [-0.15, -0.1) is 0 Å². The molecule has 1 aromatic carbocycles. The highest BCUT2D eigenvalue weighted by atomic mass is 19.1. The fourth-order valence-corrected chi connectivity index (χ4v) is 3.20. The van der Waals surface area contributed by atoms with E-state index in [4.69, 9.17) is 0 Å². The summed E-state index contributed by atoms with van der Waals surface area (Å²) in [5, 5.41) is 3.26. The van der Waals surface area contributed by atoms with Crippen molar-refractivity contribution in [2.24, 2.45) is 0 Å². The number of nitrogens with one attached hydrogen (secondary N) is 1. The lowest BCUT2D eigenvalue weighted by atomic mass is 10.1. The average Bonchev–Trinajstić information content (AvgIpc) is 2.96. The van der Waals surface area contributed by atoms with Crippen LogP contribution in [-0.4, -0.2) is 43.7 Å². The number of hydrogen-bond donors (Lipinski definition) is 1. The van der Waals surface area contributed by atoms with Crippen molar-refractivity contribution in [1.29, 1.82) is 0 Å². The SMILES string of the molecule is CCNCc1cc(F)cc(N2CCC(N(CC)CC)C2)c1. The van der Waals surface area contributed by atoms with Crippen LogP contribution in [0, 0.1) is 5.82 Å². The van der Waals surface area contributed by atoms with Gasteiger partial charge in [0.1, 0.15) is 5.82 Å².